The first kappa shape index (κ1) is 41.1. The molecule has 0 radical (unpaired) electrons. The molecule has 0 nitrogen and oxygen atoms in total. The van der Waals surface area contributed by atoms with Gasteiger partial charge >= 0.3 is 70.3 Å². The second kappa shape index (κ2) is 16.2. The predicted molar refractivity (Wildman–Crippen MR) is 203 cm³/mol. The third-order valence-corrected chi connectivity index (χ3v) is 12.5. The average molecular weight is 785 g/mol. The molecule has 0 atom stereocenters. The summed E-state index contributed by atoms with van der Waals surface area (Å²) in [5, 5.41) is 0. The Hall–Kier alpha value is -1.66. The minimum Gasteiger partial charge on any atom is -1.00 e. The molecule has 4 bridgehead atoms. The van der Waals surface area contributed by atoms with Gasteiger partial charge in [-0.1, -0.05) is 85.6 Å². The SMILES string of the molecule is CC(C)(C)c1[c-]c2c(cc1)-c1ccc(C(C)(C)C)cc1C2.C[C](=[Zr+2])c1ccccc1.Cc1cc(CC23CC4CC(CC(C4)C2)C3)c(C)[cH-]1.[Cl-].[Cl-]. The van der Waals surface area contributed by atoms with E-state index in [2.05, 4.69) is 135 Å². The van der Waals surface area contributed by atoms with Gasteiger partial charge in [-0.2, -0.15) is 46.5 Å². The number of rotatable bonds is 3. The van der Waals surface area contributed by atoms with Crippen molar-refractivity contribution in [1.29, 1.82) is 0 Å². The first-order valence-electron chi connectivity index (χ1n) is 18.6. The Morgan fingerprint density at radius 1 is 0.780 bits per heavy atom. The maximum atomic E-state index is 3.67. The van der Waals surface area contributed by atoms with Crippen molar-refractivity contribution in [2.75, 3.05) is 0 Å². The Labute approximate surface area is 332 Å². The summed E-state index contributed by atoms with van der Waals surface area (Å²) in [7, 11) is 0. The van der Waals surface area contributed by atoms with Crippen LogP contribution in [0.2, 0.25) is 0 Å². The maximum absolute atomic E-state index is 3.67. The van der Waals surface area contributed by atoms with Crippen LogP contribution >= 0.6 is 0 Å². The fourth-order valence-corrected chi connectivity index (χ4v) is 10.1. The monoisotopic (exact) mass is 782 g/mol. The van der Waals surface area contributed by atoms with Crippen molar-refractivity contribution >= 4 is 3.21 Å². The standard InChI is InChI=1S/C21H25.C18H25.C8H8.2ClH.Zr/c1-20(2,3)16-7-9-18-14(12-16)11-15-13-17(21(4,5)6)8-10-19(15)18;1-12-3-13(2)17(4-12)11-18-8-14-5-15(9-18)7-16(6-14)10-18;1-2-8-6-4-3-5-7-8;;;/h7-10,12H,11H2,1-6H3;3-4,14-16H,5-11H2,1-2H3;3-7H,1H3;2*1H;/q2*-1;;;;+2/p-2. The Bertz CT molecular complexity index is 1660. The van der Waals surface area contributed by atoms with Crippen molar-refractivity contribution in [2.45, 2.75) is 125 Å². The van der Waals surface area contributed by atoms with Crippen LogP contribution < -0.4 is 24.8 Å². The van der Waals surface area contributed by atoms with Gasteiger partial charge in [0.05, 0.1) is 0 Å². The van der Waals surface area contributed by atoms with Gasteiger partial charge < -0.3 is 24.8 Å². The third-order valence-electron chi connectivity index (χ3n) is 11.8. The molecule has 4 aromatic carbocycles. The van der Waals surface area contributed by atoms with E-state index >= 15 is 0 Å². The molecule has 0 unspecified atom stereocenters. The predicted octanol–water partition coefficient (Wildman–Crippen LogP) is 6.22. The van der Waals surface area contributed by atoms with Crippen LogP contribution in [0.3, 0.4) is 0 Å². The van der Waals surface area contributed by atoms with Gasteiger partial charge in [-0.05, 0) is 90.1 Å². The average Bonchev–Trinajstić information content (AvgIpc) is 3.53. The molecule has 0 spiro atoms. The van der Waals surface area contributed by atoms with E-state index in [1.165, 1.54) is 78.4 Å². The van der Waals surface area contributed by atoms with Gasteiger partial charge in [0, 0.05) is 0 Å². The Kier molecular flexibility index (Phi) is 13.3. The molecule has 0 aromatic heterocycles. The number of aryl methyl sites for hydroxylation is 2. The van der Waals surface area contributed by atoms with E-state index in [-0.39, 0.29) is 35.6 Å². The molecule has 9 rings (SSSR count). The van der Waals surface area contributed by atoms with Gasteiger partial charge in [0.25, 0.3) is 0 Å². The van der Waals surface area contributed by atoms with E-state index in [9.17, 15) is 0 Å². The van der Waals surface area contributed by atoms with E-state index in [1.807, 2.05) is 6.07 Å². The molecular weight excluding hydrogens is 727 g/mol. The molecule has 50 heavy (non-hydrogen) atoms. The van der Waals surface area contributed by atoms with Crippen LogP contribution in [0.1, 0.15) is 131 Å². The minimum absolute atomic E-state index is 0. The van der Waals surface area contributed by atoms with Crippen molar-refractivity contribution in [1.82, 2.24) is 0 Å². The molecule has 5 aliphatic rings. The molecule has 4 saturated carbocycles. The third kappa shape index (κ3) is 9.46. The van der Waals surface area contributed by atoms with Crippen LogP contribution in [-0.4, -0.2) is 3.21 Å². The van der Waals surface area contributed by atoms with Gasteiger partial charge in [0.2, 0.25) is 0 Å². The summed E-state index contributed by atoms with van der Waals surface area (Å²) < 4.78 is 1.46. The summed E-state index contributed by atoms with van der Waals surface area (Å²) in [6.45, 7) is 20.3. The zero-order valence-electron chi connectivity index (χ0n) is 32.1. The van der Waals surface area contributed by atoms with Crippen LogP contribution in [0, 0.1) is 43.1 Å². The summed E-state index contributed by atoms with van der Waals surface area (Å²) in [4.78, 5) is 0. The largest absolute Gasteiger partial charge is 1.00 e. The molecule has 0 heterocycles. The summed E-state index contributed by atoms with van der Waals surface area (Å²) in [6, 6.07) is 30.5. The molecule has 4 aromatic rings. The van der Waals surface area contributed by atoms with Crippen molar-refractivity contribution in [3.8, 4) is 11.1 Å². The van der Waals surface area contributed by atoms with Gasteiger partial charge in [0.1, 0.15) is 0 Å². The summed E-state index contributed by atoms with van der Waals surface area (Å²) in [5.74, 6) is 3.27. The molecule has 0 amide bonds. The van der Waals surface area contributed by atoms with Crippen LogP contribution in [0.4, 0.5) is 0 Å². The zero-order chi connectivity index (χ0) is 34.4. The molecule has 4 fully saturated rings. The quantitative estimate of drug-likeness (QED) is 0.191. The normalized spacial score (nSPS) is 22.5. The van der Waals surface area contributed by atoms with E-state index in [4.69, 9.17) is 0 Å². The van der Waals surface area contributed by atoms with E-state index in [0.29, 0.717) is 5.41 Å². The Morgan fingerprint density at radius 2 is 1.36 bits per heavy atom. The van der Waals surface area contributed by atoms with Crippen molar-refractivity contribution < 1.29 is 49.0 Å². The summed E-state index contributed by atoms with van der Waals surface area (Å²) in [6.07, 6.45) is 11.7. The van der Waals surface area contributed by atoms with Gasteiger partial charge in [-0.25, -0.2) is 6.07 Å². The van der Waals surface area contributed by atoms with E-state index in [0.717, 1.165) is 24.2 Å². The van der Waals surface area contributed by atoms with E-state index in [1.54, 1.807) is 49.7 Å². The topological polar surface area (TPSA) is 0 Å². The maximum Gasteiger partial charge on any atom is -0.0363 e. The molecule has 3 heteroatoms. The number of fused-ring (bicyclic) bond motifs is 3. The first-order valence-corrected chi connectivity index (χ1v) is 19.8. The fourth-order valence-electron chi connectivity index (χ4n) is 9.68. The molecule has 0 aliphatic heterocycles. The van der Waals surface area contributed by atoms with Crippen molar-refractivity contribution in [3.63, 3.8) is 0 Å². The van der Waals surface area contributed by atoms with Gasteiger partial charge in [-0.15, -0.1) is 11.1 Å². The zero-order valence-corrected chi connectivity index (χ0v) is 36.0. The molecule has 5 aliphatic carbocycles. The number of halogens is 2. The van der Waals surface area contributed by atoms with Crippen molar-refractivity contribution in [2.24, 2.45) is 23.2 Å². The summed E-state index contributed by atoms with van der Waals surface area (Å²) >= 11 is 1.51. The minimum atomic E-state index is 0. The first-order chi connectivity index (χ1) is 22.6. The van der Waals surface area contributed by atoms with E-state index < -0.39 is 0 Å². The smallest absolute Gasteiger partial charge is 0.0363 e. The number of hydrogen-bond acceptors (Lipinski definition) is 0. The van der Waals surface area contributed by atoms with Crippen LogP contribution in [0.25, 0.3) is 11.1 Å². The number of hydrogen-bond donors (Lipinski definition) is 0. The Balaban J connectivity index is 0.000000177. The van der Waals surface area contributed by atoms with Crippen LogP contribution in [0.15, 0.2) is 72.8 Å². The van der Waals surface area contributed by atoms with Gasteiger partial charge in [0.15, 0.2) is 0 Å². The molecular formula is C47H58Cl2Zr-2. The van der Waals surface area contributed by atoms with Crippen LogP contribution in [-0.2, 0) is 47.9 Å². The second-order valence-electron chi connectivity index (χ2n) is 18.1. The van der Waals surface area contributed by atoms with Crippen LogP contribution in [0.5, 0.6) is 0 Å². The molecule has 0 saturated heterocycles. The number of benzene rings is 3. The Morgan fingerprint density at radius 3 is 1.84 bits per heavy atom. The molecule has 0 N–H and O–H groups in total. The fraction of sp³-hybridized carbons (Fsp3) is 0.489. The molecule has 266 valence electrons. The van der Waals surface area contributed by atoms with Gasteiger partial charge in [-0.3, -0.25) is 0 Å². The second-order valence-corrected chi connectivity index (χ2v) is 20.0. The van der Waals surface area contributed by atoms with Crippen molar-refractivity contribution in [3.05, 3.63) is 123 Å². The summed E-state index contributed by atoms with van der Waals surface area (Å²) in [5.41, 5.74) is 15.5.